The van der Waals surface area contributed by atoms with E-state index >= 15 is 0 Å². The molecule has 26 heavy (non-hydrogen) atoms. The van der Waals surface area contributed by atoms with Crippen LogP contribution in [0.15, 0.2) is 51.8 Å². The van der Waals surface area contributed by atoms with Crippen LogP contribution in [0.3, 0.4) is 0 Å². The van der Waals surface area contributed by atoms with Gasteiger partial charge in [-0.25, -0.2) is 12.8 Å². The molecule has 0 radical (unpaired) electrons. The van der Waals surface area contributed by atoms with Crippen molar-refractivity contribution in [1.29, 1.82) is 0 Å². The SMILES string of the molecule is O=S(=O)(c1ccc(CNCc2ccc(F)c(Br)c2)cc1)N1CCOCC1. The molecule has 2 aromatic carbocycles. The minimum absolute atomic E-state index is 0.286. The monoisotopic (exact) mass is 442 g/mol. The number of nitrogens with zero attached hydrogens (tertiary/aromatic N) is 1. The second-order valence-corrected chi connectivity index (χ2v) is 8.80. The van der Waals surface area contributed by atoms with Crippen LogP contribution in [0, 0.1) is 5.82 Å². The summed E-state index contributed by atoms with van der Waals surface area (Å²) in [6.07, 6.45) is 0. The largest absolute Gasteiger partial charge is 0.379 e. The maximum absolute atomic E-state index is 13.2. The highest BCUT2D eigenvalue weighted by Crippen LogP contribution is 2.18. The van der Waals surface area contributed by atoms with Crippen LogP contribution in [0.4, 0.5) is 4.39 Å². The van der Waals surface area contributed by atoms with E-state index in [1.165, 1.54) is 10.4 Å². The summed E-state index contributed by atoms with van der Waals surface area (Å²) in [6, 6.07) is 11.8. The molecule has 1 saturated heterocycles. The average molecular weight is 443 g/mol. The van der Waals surface area contributed by atoms with Crippen LogP contribution < -0.4 is 5.32 Å². The van der Waals surface area contributed by atoms with Gasteiger partial charge in [0.05, 0.1) is 22.6 Å². The average Bonchev–Trinajstić information content (AvgIpc) is 2.66. The first-order chi connectivity index (χ1) is 12.5. The highest BCUT2D eigenvalue weighted by molar-refractivity contribution is 9.10. The Bertz CT molecular complexity index is 853. The number of benzene rings is 2. The van der Waals surface area contributed by atoms with E-state index in [1.54, 1.807) is 36.4 Å². The molecule has 0 amide bonds. The van der Waals surface area contributed by atoms with E-state index in [0.717, 1.165) is 11.1 Å². The van der Waals surface area contributed by atoms with Crippen LogP contribution in [0.1, 0.15) is 11.1 Å². The van der Waals surface area contributed by atoms with Crippen molar-refractivity contribution in [2.75, 3.05) is 26.3 Å². The van der Waals surface area contributed by atoms with Crippen LogP contribution in [-0.2, 0) is 27.8 Å². The van der Waals surface area contributed by atoms with E-state index in [0.29, 0.717) is 48.8 Å². The van der Waals surface area contributed by atoms with Gasteiger partial charge >= 0.3 is 0 Å². The van der Waals surface area contributed by atoms with Gasteiger partial charge in [-0.1, -0.05) is 18.2 Å². The lowest BCUT2D eigenvalue weighted by Gasteiger charge is -2.26. The molecule has 0 unspecified atom stereocenters. The van der Waals surface area contributed by atoms with Crippen molar-refractivity contribution in [3.8, 4) is 0 Å². The number of halogens is 2. The first-order valence-corrected chi connectivity index (χ1v) is 10.5. The second-order valence-electron chi connectivity index (χ2n) is 6.01. The zero-order chi connectivity index (χ0) is 18.6. The Kier molecular flexibility index (Phi) is 6.42. The summed E-state index contributed by atoms with van der Waals surface area (Å²) in [5.74, 6) is -0.286. The minimum atomic E-state index is -3.46. The molecule has 0 aromatic heterocycles. The summed E-state index contributed by atoms with van der Waals surface area (Å²) >= 11 is 3.17. The van der Waals surface area contributed by atoms with E-state index < -0.39 is 10.0 Å². The van der Waals surface area contributed by atoms with Crippen LogP contribution in [0.2, 0.25) is 0 Å². The molecule has 0 atom stereocenters. The molecule has 0 spiro atoms. The Hall–Kier alpha value is -1.32. The van der Waals surface area contributed by atoms with Crippen LogP contribution in [-0.4, -0.2) is 39.0 Å². The van der Waals surface area contributed by atoms with Crippen molar-refractivity contribution in [3.05, 3.63) is 63.9 Å². The summed E-state index contributed by atoms with van der Waals surface area (Å²) in [6.45, 7) is 2.82. The highest BCUT2D eigenvalue weighted by atomic mass is 79.9. The molecule has 0 saturated carbocycles. The van der Waals surface area contributed by atoms with E-state index in [4.69, 9.17) is 4.74 Å². The third-order valence-corrected chi connectivity index (χ3v) is 6.69. The molecule has 140 valence electrons. The lowest BCUT2D eigenvalue weighted by Crippen LogP contribution is -2.40. The Morgan fingerprint density at radius 1 is 1.04 bits per heavy atom. The fourth-order valence-corrected chi connectivity index (χ4v) is 4.55. The molecule has 2 aromatic rings. The third kappa shape index (κ3) is 4.69. The van der Waals surface area contributed by atoms with Crippen molar-refractivity contribution < 1.29 is 17.5 Å². The lowest BCUT2D eigenvalue weighted by molar-refractivity contribution is 0.0730. The number of hydrogen-bond donors (Lipinski definition) is 1. The molecule has 1 fully saturated rings. The summed E-state index contributed by atoms with van der Waals surface area (Å²) < 4.78 is 45.5. The number of nitrogens with one attached hydrogen (secondary N) is 1. The summed E-state index contributed by atoms with van der Waals surface area (Å²) in [4.78, 5) is 0.297. The van der Waals surface area contributed by atoms with E-state index in [1.807, 2.05) is 0 Å². The Balaban J connectivity index is 1.58. The molecule has 0 aliphatic carbocycles. The molecular weight excluding hydrogens is 423 g/mol. The molecule has 3 rings (SSSR count). The molecular formula is C18H20BrFN2O3S. The van der Waals surface area contributed by atoms with Gasteiger partial charge in [0.2, 0.25) is 10.0 Å². The molecule has 1 heterocycles. The molecule has 5 nitrogen and oxygen atoms in total. The first kappa shape index (κ1) is 19.4. The topological polar surface area (TPSA) is 58.6 Å². The molecule has 1 aliphatic heterocycles. The van der Waals surface area contributed by atoms with Crippen LogP contribution in [0.5, 0.6) is 0 Å². The number of ether oxygens (including phenoxy) is 1. The van der Waals surface area contributed by atoms with Crippen molar-refractivity contribution in [3.63, 3.8) is 0 Å². The van der Waals surface area contributed by atoms with Gasteiger partial charge in [0.15, 0.2) is 0 Å². The van der Waals surface area contributed by atoms with Gasteiger partial charge in [-0.3, -0.25) is 0 Å². The predicted octanol–water partition coefficient (Wildman–Crippen LogP) is 2.90. The number of sulfonamides is 1. The maximum atomic E-state index is 13.2. The van der Waals surface area contributed by atoms with Crippen molar-refractivity contribution in [2.45, 2.75) is 18.0 Å². The summed E-state index contributed by atoms with van der Waals surface area (Å²) in [5, 5.41) is 3.27. The minimum Gasteiger partial charge on any atom is -0.379 e. The Morgan fingerprint density at radius 3 is 2.31 bits per heavy atom. The molecule has 1 aliphatic rings. The normalized spacial score (nSPS) is 15.9. The molecule has 1 N–H and O–H groups in total. The Morgan fingerprint density at radius 2 is 1.65 bits per heavy atom. The van der Waals surface area contributed by atoms with E-state index in [2.05, 4.69) is 21.2 Å². The fraction of sp³-hybridized carbons (Fsp3) is 0.333. The maximum Gasteiger partial charge on any atom is 0.243 e. The van der Waals surface area contributed by atoms with Gasteiger partial charge in [0, 0.05) is 26.2 Å². The molecule has 8 heteroatoms. The predicted molar refractivity (Wildman–Crippen MR) is 101 cm³/mol. The summed E-state index contributed by atoms with van der Waals surface area (Å²) in [7, 11) is -3.46. The highest BCUT2D eigenvalue weighted by Gasteiger charge is 2.25. The zero-order valence-electron chi connectivity index (χ0n) is 14.1. The van der Waals surface area contributed by atoms with Crippen LogP contribution >= 0.6 is 15.9 Å². The zero-order valence-corrected chi connectivity index (χ0v) is 16.5. The van der Waals surface area contributed by atoms with Gasteiger partial charge in [-0.15, -0.1) is 0 Å². The summed E-state index contributed by atoms with van der Waals surface area (Å²) in [5.41, 5.74) is 1.94. The fourth-order valence-electron chi connectivity index (χ4n) is 2.72. The standard InChI is InChI=1S/C18H20BrFN2O3S/c19-17-11-15(3-6-18(17)20)13-21-12-14-1-4-16(5-2-14)26(23,24)22-7-9-25-10-8-22/h1-6,11,21H,7-10,12-13H2. The van der Waals surface area contributed by atoms with E-state index in [9.17, 15) is 12.8 Å². The molecule has 0 bridgehead atoms. The van der Waals surface area contributed by atoms with Crippen molar-refractivity contribution in [2.24, 2.45) is 0 Å². The first-order valence-electron chi connectivity index (χ1n) is 8.28. The van der Waals surface area contributed by atoms with Gasteiger partial charge in [0.25, 0.3) is 0 Å². The smallest absolute Gasteiger partial charge is 0.243 e. The Labute approximate surface area is 161 Å². The van der Waals surface area contributed by atoms with Crippen molar-refractivity contribution in [1.82, 2.24) is 9.62 Å². The number of morpholine rings is 1. The number of hydrogen-bond acceptors (Lipinski definition) is 4. The van der Waals surface area contributed by atoms with Gasteiger partial charge in [-0.2, -0.15) is 4.31 Å². The van der Waals surface area contributed by atoms with E-state index in [-0.39, 0.29) is 5.82 Å². The van der Waals surface area contributed by atoms with Crippen LogP contribution in [0.25, 0.3) is 0 Å². The number of rotatable bonds is 6. The van der Waals surface area contributed by atoms with Crippen molar-refractivity contribution >= 4 is 26.0 Å². The van der Waals surface area contributed by atoms with Gasteiger partial charge in [-0.05, 0) is 51.3 Å². The quantitative estimate of drug-likeness (QED) is 0.746. The van der Waals surface area contributed by atoms with Gasteiger partial charge < -0.3 is 10.1 Å². The third-order valence-electron chi connectivity index (χ3n) is 4.17. The van der Waals surface area contributed by atoms with Gasteiger partial charge in [0.1, 0.15) is 5.82 Å². The lowest BCUT2D eigenvalue weighted by atomic mass is 10.2. The second kappa shape index (κ2) is 8.58.